The number of sulfone groups is 1. The highest BCUT2D eigenvalue weighted by Crippen LogP contribution is 2.21. The first-order valence-electron chi connectivity index (χ1n) is 5.77. The van der Waals surface area contributed by atoms with Crippen LogP contribution in [-0.4, -0.2) is 19.5 Å². The van der Waals surface area contributed by atoms with Crippen molar-refractivity contribution in [3.05, 3.63) is 30.3 Å². The van der Waals surface area contributed by atoms with Crippen LogP contribution in [0.3, 0.4) is 0 Å². The van der Waals surface area contributed by atoms with Crippen molar-refractivity contribution in [3.8, 4) is 0 Å². The van der Waals surface area contributed by atoms with Crippen molar-refractivity contribution in [1.82, 2.24) is 0 Å². The molecule has 3 nitrogen and oxygen atoms in total. The van der Waals surface area contributed by atoms with Gasteiger partial charge >= 0.3 is 0 Å². The Morgan fingerprint density at radius 1 is 1.24 bits per heavy atom. The summed E-state index contributed by atoms with van der Waals surface area (Å²) in [5, 5.41) is -0.464. The molecule has 0 spiro atoms. The zero-order chi connectivity index (χ0) is 12.9. The molecule has 0 aromatic heterocycles. The summed E-state index contributed by atoms with van der Waals surface area (Å²) in [6.07, 6.45) is 1.26. The highest BCUT2D eigenvalue weighted by atomic mass is 32.2. The Morgan fingerprint density at radius 2 is 1.82 bits per heavy atom. The molecule has 0 N–H and O–H groups in total. The van der Waals surface area contributed by atoms with Gasteiger partial charge in [0, 0.05) is 6.42 Å². The highest BCUT2D eigenvalue weighted by molar-refractivity contribution is 7.92. The van der Waals surface area contributed by atoms with Gasteiger partial charge in [-0.25, -0.2) is 8.42 Å². The molecule has 1 aromatic carbocycles. The molecule has 0 bridgehead atoms. The van der Waals surface area contributed by atoms with Crippen molar-refractivity contribution in [2.24, 2.45) is 0 Å². The third-order valence-electron chi connectivity index (χ3n) is 2.78. The fraction of sp³-hybridized carbons (Fsp3) is 0.462. The van der Waals surface area contributed by atoms with Crippen molar-refractivity contribution in [2.75, 3.05) is 0 Å². The summed E-state index contributed by atoms with van der Waals surface area (Å²) >= 11 is 0. The molecule has 0 saturated heterocycles. The van der Waals surface area contributed by atoms with Gasteiger partial charge < -0.3 is 4.79 Å². The van der Waals surface area contributed by atoms with E-state index in [9.17, 15) is 13.2 Å². The quantitative estimate of drug-likeness (QED) is 0.784. The van der Waals surface area contributed by atoms with Crippen molar-refractivity contribution in [2.45, 2.75) is 43.3 Å². The second-order valence-corrected chi connectivity index (χ2v) is 6.36. The Balaban J connectivity index is 2.91. The van der Waals surface area contributed by atoms with Crippen molar-refractivity contribution in [1.29, 1.82) is 0 Å². The van der Waals surface area contributed by atoms with Gasteiger partial charge in [0.1, 0.15) is 5.78 Å². The Bertz CT molecular complexity index is 463. The molecule has 0 amide bonds. The van der Waals surface area contributed by atoms with Crippen LogP contribution in [0, 0.1) is 0 Å². The summed E-state index contributed by atoms with van der Waals surface area (Å²) in [6.45, 7) is 3.33. The third kappa shape index (κ3) is 3.66. The van der Waals surface area contributed by atoms with Crippen LogP contribution in [0.15, 0.2) is 35.2 Å². The maximum Gasteiger partial charge on any atom is 0.181 e. The monoisotopic (exact) mass is 254 g/mol. The SMILES string of the molecule is CCC(CCC(C)=O)S(=O)(=O)c1ccccc1. The summed E-state index contributed by atoms with van der Waals surface area (Å²) in [5.74, 6) is 0.0340. The Kier molecular flexibility index (Phi) is 4.87. The third-order valence-corrected chi connectivity index (χ3v) is 5.16. The molecule has 94 valence electrons. The maximum absolute atomic E-state index is 12.3. The van der Waals surface area contributed by atoms with E-state index in [1.165, 1.54) is 6.92 Å². The highest BCUT2D eigenvalue weighted by Gasteiger charge is 2.25. The minimum Gasteiger partial charge on any atom is -0.300 e. The van der Waals surface area contributed by atoms with Gasteiger partial charge in [-0.15, -0.1) is 0 Å². The van der Waals surface area contributed by atoms with E-state index in [0.29, 0.717) is 24.2 Å². The molecule has 1 aromatic rings. The molecule has 0 saturated carbocycles. The van der Waals surface area contributed by atoms with Gasteiger partial charge in [-0.1, -0.05) is 25.1 Å². The molecular formula is C13H18O3S. The van der Waals surface area contributed by atoms with Crippen LogP contribution < -0.4 is 0 Å². The number of carbonyl (C=O) groups is 1. The second-order valence-electron chi connectivity index (χ2n) is 4.13. The second kappa shape index (κ2) is 5.96. The maximum atomic E-state index is 12.3. The van der Waals surface area contributed by atoms with Crippen molar-refractivity contribution in [3.63, 3.8) is 0 Å². The lowest BCUT2D eigenvalue weighted by Gasteiger charge is -2.15. The first-order chi connectivity index (χ1) is 7.98. The van der Waals surface area contributed by atoms with Crippen molar-refractivity contribution >= 4 is 15.6 Å². The summed E-state index contributed by atoms with van der Waals surface area (Å²) in [7, 11) is -3.30. The molecule has 0 aliphatic carbocycles. The number of benzene rings is 1. The predicted octanol–water partition coefficient (Wildman–Crippen LogP) is 2.61. The number of ketones is 1. The van der Waals surface area contributed by atoms with E-state index in [4.69, 9.17) is 0 Å². The largest absolute Gasteiger partial charge is 0.300 e. The molecule has 0 fully saturated rings. The number of hydrogen-bond acceptors (Lipinski definition) is 3. The molecule has 0 aliphatic heterocycles. The number of rotatable bonds is 6. The topological polar surface area (TPSA) is 51.2 Å². The molecule has 0 radical (unpaired) electrons. The zero-order valence-electron chi connectivity index (χ0n) is 10.2. The van der Waals surface area contributed by atoms with E-state index in [1.807, 2.05) is 6.92 Å². The van der Waals surface area contributed by atoms with Gasteiger partial charge in [0.15, 0.2) is 9.84 Å². The van der Waals surface area contributed by atoms with Crippen LogP contribution >= 0.6 is 0 Å². The summed E-state index contributed by atoms with van der Waals surface area (Å²) in [5.41, 5.74) is 0. The summed E-state index contributed by atoms with van der Waals surface area (Å²) in [4.78, 5) is 11.3. The van der Waals surface area contributed by atoms with Crippen LogP contribution in [0.4, 0.5) is 0 Å². The lowest BCUT2D eigenvalue weighted by atomic mass is 10.1. The number of carbonyl (C=O) groups excluding carboxylic acids is 1. The Morgan fingerprint density at radius 3 is 2.29 bits per heavy atom. The van der Waals surface area contributed by atoms with Crippen LogP contribution in [-0.2, 0) is 14.6 Å². The Labute approximate surface area is 103 Å². The average molecular weight is 254 g/mol. The molecule has 4 heteroatoms. The van der Waals surface area contributed by atoms with Crippen LogP contribution in [0.5, 0.6) is 0 Å². The zero-order valence-corrected chi connectivity index (χ0v) is 11.0. The van der Waals surface area contributed by atoms with Gasteiger partial charge in [-0.2, -0.15) is 0 Å². The minimum absolute atomic E-state index is 0.0340. The van der Waals surface area contributed by atoms with Gasteiger partial charge in [0.25, 0.3) is 0 Å². The standard InChI is InChI=1S/C13H18O3S/c1-3-12(10-9-11(2)14)17(15,16)13-7-5-4-6-8-13/h4-8,12H,3,9-10H2,1-2H3. The van der Waals surface area contributed by atoms with E-state index in [2.05, 4.69) is 0 Å². The van der Waals surface area contributed by atoms with E-state index >= 15 is 0 Å². The first kappa shape index (κ1) is 13.9. The van der Waals surface area contributed by atoms with Crippen LogP contribution in [0.25, 0.3) is 0 Å². The van der Waals surface area contributed by atoms with E-state index in [-0.39, 0.29) is 5.78 Å². The van der Waals surface area contributed by atoms with Gasteiger partial charge in [-0.05, 0) is 31.9 Å². The lowest BCUT2D eigenvalue weighted by Crippen LogP contribution is -2.21. The molecule has 0 aliphatic rings. The molecule has 0 heterocycles. The lowest BCUT2D eigenvalue weighted by molar-refractivity contribution is -0.117. The van der Waals surface area contributed by atoms with Crippen molar-refractivity contribution < 1.29 is 13.2 Å². The van der Waals surface area contributed by atoms with Crippen LogP contribution in [0.1, 0.15) is 33.1 Å². The molecule has 17 heavy (non-hydrogen) atoms. The van der Waals surface area contributed by atoms with E-state index in [1.54, 1.807) is 30.3 Å². The first-order valence-corrected chi connectivity index (χ1v) is 7.31. The van der Waals surface area contributed by atoms with Gasteiger partial charge in [-0.3, -0.25) is 0 Å². The van der Waals surface area contributed by atoms with Gasteiger partial charge in [0.2, 0.25) is 0 Å². The molecule has 1 rings (SSSR count). The number of Topliss-reactive ketones (excluding diaryl/α,β-unsaturated/α-hetero) is 1. The fourth-order valence-corrected chi connectivity index (χ4v) is 3.53. The molecule has 1 atom stereocenters. The van der Waals surface area contributed by atoms with Gasteiger partial charge in [0.05, 0.1) is 10.1 Å². The minimum atomic E-state index is -3.30. The normalized spacial score (nSPS) is 13.3. The Hall–Kier alpha value is -1.16. The fourth-order valence-electron chi connectivity index (χ4n) is 1.75. The van der Waals surface area contributed by atoms with E-state index < -0.39 is 15.1 Å². The average Bonchev–Trinajstić information content (AvgIpc) is 2.30. The molecule has 1 unspecified atom stereocenters. The van der Waals surface area contributed by atoms with E-state index in [0.717, 1.165) is 0 Å². The molecular weight excluding hydrogens is 236 g/mol. The summed E-state index contributed by atoms with van der Waals surface area (Å²) < 4.78 is 24.5. The predicted molar refractivity (Wildman–Crippen MR) is 67.6 cm³/mol. The summed E-state index contributed by atoms with van der Waals surface area (Å²) in [6, 6.07) is 8.42. The van der Waals surface area contributed by atoms with Crippen LogP contribution in [0.2, 0.25) is 0 Å². The number of hydrogen-bond donors (Lipinski definition) is 0. The smallest absolute Gasteiger partial charge is 0.181 e.